The highest BCUT2D eigenvalue weighted by atomic mass is 35.5. The number of benzene rings is 2. The van der Waals surface area contributed by atoms with Crippen molar-refractivity contribution in [2.45, 2.75) is 23.2 Å². The van der Waals surface area contributed by atoms with E-state index in [1.807, 2.05) is 6.92 Å². The predicted octanol–water partition coefficient (Wildman–Crippen LogP) is 2.80. The number of hydrogen-bond donors (Lipinski definition) is 1. The first kappa shape index (κ1) is 20.2. The summed E-state index contributed by atoms with van der Waals surface area (Å²) in [5.74, 6) is -0.248. The van der Waals surface area contributed by atoms with Gasteiger partial charge in [0, 0.05) is 0 Å². The molecular formula is C18H20ClNO5S. The standard InChI is InChI=1S/C18H20ClNO5S/c1-12-7-9-15(10-8-12)26(22,23)20-17(18(21)25-3)16(19)13-5-4-6-14(11-13)24-2/h4-11,16-17,20H,1-3H3/t16-,17-/m1/s1. The molecule has 8 heteroatoms. The van der Waals surface area contributed by atoms with Crippen molar-refractivity contribution >= 4 is 27.6 Å². The SMILES string of the molecule is COC(=O)[C@H](NS(=O)(=O)c1ccc(C)cc1)[C@H](Cl)c1cccc(OC)c1. The van der Waals surface area contributed by atoms with Crippen LogP contribution in [0.5, 0.6) is 5.75 Å². The summed E-state index contributed by atoms with van der Waals surface area (Å²) in [7, 11) is -1.30. The highest BCUT2D eigenvalue weighted by Crippen LogP contribution is 2.29. The van der Waals surface area contributed by atoms with Crippen LogP contribution in [0.3, 0.4) is 0 Å². The average molecular weight is 398 g/mol. The van der Waals surface area contributed by atoms with Crippen LogP contribution in [-0.2, 0) is 19.6 Å². The number of halogens is 1. The summed E-state index contributed by atoms with van der Waals surface area (Å²) in [5, 5.41) is -0.988. The number of carbonyl (C=O) groups is 1. The Hall–Kier alpha value is -2.09. The Bertz CT molecular complexity index is 867. The Morgan fingerprint density at radius 2 is 1.77 bits per heavy atom. The number of hydrogen-bond acceptors (Lipinski definition) is 5. The summed E-state index contributed by atoms with van der Waals surface area (Å²) in [6, 6.07) is 11.7. The number of carbonyl (C=O) groups excluding carboxylic acids is 1. The third kappa shape index (κ3) is 4.75. The van der Waals surface area contributed by atoms with Crippen molar-refractivity contribution in [1.29, 1.82) is 0 Å². The van der Waals surface area contributed by atoms with Gasteiger partial charge in [-0.1, -0.05) is 29.8 Å². The van der Waals surface area contributed by atoms with E-state index in [0.717, 1.165) is 5.56 Å². The van der Waals surface area contributed by atoms with Crippen LogP contribution < -0.4 is 9.46 Å². The molecule has 2 rings (SSSR count). The monoisotopic (exact) mass is 397 g/mol. The second kappa shape index (κ2) is 8.53. The van der Waals surface area contributed by atoms with Crippen LogP contribution in [0.4, 0.5) is 0 Å². The number of methoxy groups -OCH3 is 2. The highest BCUT2D eigenvalue weighted by molar-refractivity contribution is 7.89. The molecule has 2 atom stereocenters. The first-order valence-corrected chi connectivity index (χ1v) is 9.65. The molecule has 1 N–H and O–H groups in total. The Morgan fingerprint density at radius 3 is 2.35 bits per heavy atom. The van der Waals surface area contributed by atoms with Crippen LogP contribution in [0.15, 0.2) is 53.4 Å². The van der Waals surface area contributed by atoms with Gasteiger partial charge in [0.2, 0.25) is 10.0 Å². The quantitative estimate of drug-likeness (QED) is 0.574. The molecule has 0 saturated heterocycles. The summed E-state index contributed by atoms with van der Waals surface area (Å²) in [6.07, 6.45) is 0. The van der Waals surface area contributed by atoms with Crippen LogP contribution in [0.1, 0.15) is 16.5 Å². The van der Waals surface area contributed by atoms with Crippen LogP contribution in [0.25, 0.3) is 0 Å². The largest absolute Gasteiger partial charge is 0.497 e. The van der Waals surface area contributed by atoms with Crippen molar-refractivity contribution in [2.24, 2.45) is 0 Å². The molecule has 0 spiro atoms. The van der Waals surface area contributed by atoms with Gasteiger partial charge in [-0.3, -0.25) is 4.79 Å². The number of alkyl halides is 1. The maximum atomic E-state index is 12.6. The van der Waals surface area contributed by atoms with Crippen molar-refractivity contribution in [3.63, 3.8) is 0 Å². The van der Waals surface area contributed by atoms with Crippen molar-refractivity contribution in [1.82, 2.24) is 4.72 Å². The normalized spacial score (nSPS) is 13.7. The number of sulfonamides is 1. The lowest BCUT2D eigenvalue weighted by molar-refractivity contribution is -0.142. The first-order chi connectivity index (χ1) is 12.3. The second-order valence-electron chi connectivity index (χ2n) is 5.61. The van der Waals surface area contributed by atoms with E-state index in [1.165, 1.54) is 26.4 Å². The number of aryl methyl sites for hydroxylation is 1. The predicted molar refractivity (Wildman–Crippen MR) is 98.9 cm³/mol. The van der Waals surface area contributed by atoms with Gasteiger partial charge in [0.05, 0.1) is 24.5 Å². The van der Waals surface area contributed by atoms with E-state index in [0.29, 0.717) is 11.3 Å². The Balaban J connectivity index is 2.35. The first-order valence-electron chi connectivity index (χ1n) is 7.73. The fourth-order valence-corrected chi connectivity index (χ4v) is 3.89. The molecule has 0 fully saturated rings. The fourth-order valence-electron chi connectivity index (χ4n) is 2.31. The van der Waals surface area contributed by atoms with E-state index in [9.17, 15) is 13.2 Å². The minimum absolute atomic E-state index is 0.0338. The molecule has 0 aromatic heterocycles. The summed E-state index contributed by atoms with van der Waals surface area (Å²) >= 11 is 6.41. The van der Waals surface area contributed by atoms with Gasteiger partial charge in [-0.15, -0.1) is 11.6 Å². The van der Waals surface area contributed by atoms with Gasteiger partial charge < -0.3 is 9.47 Å². The number of nitrogens with one attached hydrogen (secondary N) is 1. The Kier molecular flexibility index (Phi) is 6.63. The Labute approximate surface area is 158 Å². The van der Waals surface area contributed by atoms with Crippen LogP contribution in [0.2, 0.25) is 0 Å². The third-order valence-electron chi connectivity index (χ3n) is 3.77. The zero-order valence-corrected chi connectivity index (χ0v) is 16.2. The van der Waals surface area contributed by atoms with Gasteiger partial charge in [-0.2, -0.15) is 4.72 Å². The molecule has 0 aliphatic rings. The van der Waals surface area contributed by atoms with Crippen molar-refractivity contribution in [3.05, 3.63) is 59.7 Å². The zero-order valence-electron chi connectivity index (χ0n) is 14.6. The molecular weight excluding hydrogens is 378 g/mol. The molecule has 2 aromatic carbocycles. The van der Waals surface area contributed by atoms with E-state index >= 15 is 0 Å². The zero-order chi connectivity index (χ0) is 19.3. The number of rotatable bonds is 7. The Morgan fingerprint density at radius 1 is 1.12 bits per heavy atom. The van der Waals surface area contributed by atoms with Gasteiger partial charge in [-0.05, 0) is 36.8 Å². The van der Waals surface area contributed by atoms with Crippen molar-refractivity contribution in [2.75, 3.05) is 14.2 Å². The van der Waals surface area contributed by atoms with E-state index in [-0.39, 0.29) is 4.90 Å². The number of esters is 1. The molecule has 26 heavy (non-hydrogen) atoms. The fraction of sp³-hybridized carbons (Fsp3) is 0.278. The molecule has 140 valence electrons. The van der Waals surface area contributed by atoms with Crippen LogP contribution in [0, 0.1) is 6.92 Å². The molecule has 0 saturated carbocycles. The lowest BCUT2D eigenvalue weighted by Crippen LogP contribution is -2.44. The topological polar surface area (TPSA) is 81.7 Å². The maximum Gasteiger partial charge on any atom is 0.325 e. The highest BCUT2D eigenvalue weighted by Gasteiger charge is 2.33. The van der Waals surface area contributed by atoms with E-state index in [2.05, 4.69) is 4.72 Å². The minimum atomic E-state index is -3.97. The van der Waals surface area contributed by atoms with Gasteiger partial charge in [-0.25, -0.2) is 8.42 Å². The molecule has 0 amide bonds. The lowest BCUT2D eigenvalue weighted by atomic mass is 10.1. The van der Waals surface area contributed by atoms with Crippen molar-refractivity contribution in [3.8, 4) is 5.75 Å². The lowest BCUT2D eigenvalue weighted by Gasteiger charge is -2.22. The smallest absolute Gasteiger partial charge is 0.325 e. The molecule has 0 unspecified atom stereocenters. The summed E-state index contributed by atoms with van der Waals surface area (Å²) in [4.78, 5) is 12.2. The molecule has 0 radical (unpaired) electrons. The summed E-state index contributed by atoms with van der Waals surface area (Å²) in [5.41, 5.74) is 1.44. The molecule has 6 nitrogen and oxygen atoms in total. The van der Waals surface area contributed by atoms with Crippen molar-refractivity contribution < 1.29 is 22.7 Å². The molecule has 0 heterocycles. The average Bonchev–Trinajstić information content (AvgIpc) is 2.65. The third-order valence-corrected chi connectivity index (χ3v) is 5.73. The molecule has 0 aliphatic heterocycles. The van der Waals surface area contributed by atoms with Crippen LogP contribution >= 0.6 is 11.6 Å². The van der Waals surface area contributed by atoms with Gasteiger partial charge >= 0.3 is 5.97 Å². The molecule has 0 bridgehead atoms. The second-order valence-corrected chi connectivity index (χ2v) is 7.80. The maximum absolute atomic E-state index is 12.6. The molecule has 0 aliphatic carbocycles. The van der Waals surface area contributed by atoms with Gasteiger partial charge in [0.25, 0.3) is 0 Å². The van der Waals surface area contributed by atoms with Gasteiger partial charge in [0.1, 0.15) is 11.8 Å². The van der Waals surface area contributed by atoms with Gasteiger partial charge in [0.15, 0.2) is 0 Å². The van der Waals surface area contributed by atoms with E-state index < -0.39 is 27.4 Å². The van der Waals surface area contributed by atoms with E-state index in [4.69, 9.17) is 21.1 Å². The van der Waals surface area contributed by atoms with E-state index in [1.54, 1.807) is 36.4 Å². The van der Waals surface area contributed by atoms with Crippen LogP contribution in [-0.4, -0.2) is 34.6 Å². The molecule has 2 aromatic rings. The summed E-state index contributed by atoms with van der Waals surface area (Å²) < 4.78 is 37.5. The summed E-state index contributed by atoms with van der Waals surface area (Å²) in [6.45, 7) is 1.85. The number of ether oxygens (including phenoxy) is 2. The minimum Gasteiger partial charge on any atom is -0.497 e.